The summed E-state index contributed by atoms with van der Waals surface area (Å²) in [6.07, 6.45) is 3.84. The van der Waals surface area contributed by atoms with Gasteiger partial charge in [0.05, 0.1) is 17.9 Å². The topological polar surface area (TPSA) is 111 Å². The largest absolute Gasteiger partial charge is 0.450 e. The first kappa shape index (κ1) is 19.1. The number of thiophene rings is 1. The molecule has 0 bridgehead atoms. The minimum absolute atomic E-state index is 0.0628. The van der Waals surface area contributed by atoms with Crippen LogP contribution in [0.1, 0.15) is 63.2 Å². The van der Waals surface area contributed by atoms with Crippen molar-refractivity contribution < 1.29 is 23.6 Å². The van der Waals surface area contributed by atoms with Crippen molar-refractivity contribution in [3.05, 3.63) is 33.5 Å². The minimum atomic E-state index is -0.806. The number of hydrogen-bond donors (Lipinski definition) is 2. The molecule has 9 heteroatoms. The fourth-order valence-corrected chi connectivity index (χ4v) is 4.31. The molecule has 0 saturated heterocycles. The van der Waals surface area contributed by atoms with Crippen LogP contribution in [0, 0.1) is 6.92 Å². The number of ether oxygens (including phenoxy) is 1. The van der Waals surface area contributed by atoms with Gasteiger partial charge in [0, 0.05) is 10.9 Å². The summed E-state index contributed by atoms with van der Waals surface area (Å²) in [4.78, 5) is 37.9. The lowest BCUT2D eigenvalue weighted by Gasteiger charge is -2.08. The molecule has 3 rings (SSSR count). The van der Waals surface area contributed by atoms with Gasteiger partial charge in [-0.1, -0.05) is 11.6 Å². The standard InChI is InChI=1S/C18H21N3O5S/c1-3-25-18(24)20-16(23)14-11-7-5-4-6-8-13(11)27-17(14)19-15(22)12-9-10(2)21-26-12/h9H,3-8H2,1-2H3,(H,19,22)(H,20,23,24). The van der Waals surface area contributed by atoms with Crippen LogP contribution in [0.25, 0.3) is 0 Å². The van der Waals surface area contributed by atoms with Crippen molar-refractivity contribution in [1.29, 1.82) is 0 Å². The Kier molecular flexibility index (Phi) is 5.90. The third-order valence-electron chi connectivity index (χ3n) is 4.22. The molecule has 0 radical (unpaired) electrons. The fourth-order valence-electron chi connectivity index (χ4n) is 3.03. The van der Waals surface area contributed by atoms with Gasteiger partial charge in [-0.2, -0.15) is 0 Å². The summed E-state index contributed by atoms with van der Waals surface area (Å²) in [6.45, 7) is 3.53. The summed E-state index contributed by atoms with van der Waals surface area (Å²) < 4.78 is 9.78. The van der Waals surface area contributed by atoms with Crippen LogP contribution in [0.15, 0.2) is 10.6 Å². The van der Waals surface area contributed by atoms with Gasteiger partial charge in [0.25, 0.3) is 11.8 Å². The van der Waals surface area contributed by atoms with E-state index in [2.05, 4.69) is 15.8 Å². The Labute approximate surface area is 160 Å². The lowest BCUT2D eigenvalue weighted by atomic mass is 10.0. The zero-order valence-corrected chi connectivity index (χ0v) is 16.0. The van der Waals surface area contributed by atoms with Crippen LogP contribution >= 0.6 is 11.3 Å². The van der Waals surface area contributed by atoms with Gasteiger partial charge in [0.15, 0.2) is 0 Å². The number of anilines is 1. The predicted octanol–water partition coefficient (Wildman–Crippen LogP) is 3.45. The van der Waals surface area contributed by atoms with Crippen LogP contribution < -0.4 is 10.6 Å². The molecule has 8 nitrogen and oxygen atoms in total. The number of fused-ring (bicyclic) bond motifs is 1. The van der Waals surface area contributed by atoms with Gasteiger partial charge in [-0.15, -0.1) is 11.3 Å². The number of hydrogen-bond acceptors (Lipinski definition) is 7. The Morgan fingerprint density at radius 1 is 1.22 bits per heavy atom. The summed E-state index contributed by atoms with van der Waals surface area (Å²) in [7, 11) is 0. The number of aryl methyl sites for hydroxylation is 2. The first-order chi connectivity index (χ1) is 13.0. The van der Waals surface area contributed by atoms with E-state index >= 15 is 0 Å². The van der Waals surface area contributed by atoms with Gasteiger partial charge >= 0.3 is 6.09 Å². The second-order valence-electron chi connectivity index (χ2n) is 6.23. The molecule has 1 aliphatic rings. The zero-order valence-electron chi connectivity index (χ0n) is 15.2. The van der Waals surface area contributed by atoms with Gasteiger partial charge in [-0.3, -0.25) is 14.9 Å². The van der Waals surface area contributed by atoms with Crippen LogP contribution in [-0.4, -0.2) is 29.7 Å². The van der Waals surface area contributed by atoms with Gasteiger partial charge in [0.1, 0.15) is 5.00 Å². The van der Waals surface area contributed by atoms with Crippen LogP contribution in [0.5, 0.6) is 0 Å². The SMILES string of the molecule is CCOC(=O)NC(=O)c1c(NC(=O)c2cc(C)no2)sc2c1CCCCC2. The first-order valence-corrected chi connectivity index (χ1v) is 9.68. The van der Waals surface area contributed by atoms with E-state index in [4.69, 9.17) is 9.26 Å². The quantitative estimate of drug-likeness (QED) is 0.772. The van der Waals surface area contributed by atoms with Crippen molar-refractivity contribution in [2.75, 3.05) is 11.9 Å². The van der Waals surface area contributed by atoms with E-state index in [1.165, 1.54) is 17.4 Å². The second kappa shape index (κ2) is 8.34. The Hall–Kier alpha value is -2.68. The normalized spacial score (nSPS) is 13.4. The van der Waals surface area contributed by atoms with Crippen LogP contribution in [0.3, 0.4) is 0 Å². The van der Waals surface area contributed by atoms with Crippen molar-refractivity contribution in [3.63, 3.8) is 0 Å². The number of carbonyl (C=O) groups is 3. The summed E-state index contributed by atoms with van der Waals surface area (Å²) in [5, 5.41) is 9.07. The van der Waals surface area contributed by atoms with E-state index in [1.807, 2.05) is 0 Å². The number of rotatable bonds is 4. The zero-order chi connectivity index (χ0) is 19.4. The first-order valence-electron chi connectivity index (χ1n) is 8.87. The van der Waals surface area contributed by atoms with Crippen molar-refractivity contribution in [3.8, 4) is 0 Å². The van der Waals surface area contributed by atoms with Crippen molar-refractivity contribution in [2.24, 2.45) is 0 Å². The summed E-state index contributed by atoms with van der Waals surface area (Å²) in [6, 6.07) is 1.52. The van der Waals surface area contributed by atoms with Gasteiger partial charge in [-0.25, -0.2) is 4.79 Å². The Bertz CT molecular complexity index is 870. The highest BCUT2D eigenvalue weighted by atomic mass is 32.1. The van der Waals surface area contributed by atoms with E-state index in [0.717, 1.165) is 42.5 Å². The molecule has 2 N–H and O–H groups in total. The van der Waals surface area contributed by atoms with Crippen molar-refractivity contribution in [2.45, 2.75) is 46.0 Å². The number of nitrogens with zero attached hydrogens (tertiary/aromatic N) is 1. The molecule has 27 heavy (non-hydrogen) atoms. The summed E-state index contributed by atoms with van der Waals surface area (Å²) in [5.41, 5.74) is 1.81. The predicted molar refractivity (Wildman–Crippen MR) is 99.3 cm³/mol. The number of amides is 3. The maximum absolute atomic E-state index is 12.7. The van der Waals surface area contributed by atoms with Gasteiger partial charge in [0.2, 0.25) is 5.76 Å². The number of imide groups is 1. The molecule has 144 valence electrons. The van der Waals surface area contributed by atoms with E-state index in [1.54, 1.807) is 13.8 Å². The van der Waals surface area contributed by atoms with Crippen molar-refractivity contribution in [1.82, 2.24) is 10.5 Å². The van der Waals surface area contributed by atoms with E-state index in [-0.39, 0.29) is 12.4 Å². The summed E-state index contributed by atoms with van der Waals surface area (Å²) in [5.74, 6) is -0.998. The molecule has 0 atom stereocenters. The summed E-state index contributed by atoms with van der Waals surface area (Å²) >= 11 is 1.37. The highest BCUT2D eigenvalue weighted by molar-refractivity contribution is 7.17. The molecule has 0 unspecified atom stereocenters. The third-order valence-corrected chi connectivity index (χ3v) is 5.43. The molecule has 0 saturated carbocycles. The smallest absolute Gasteiger partial charge is 0.414 e. The average molecular weight is 391 g/mol. The number of alkyl carbamates (subject to hydrolysis) is 1. The molecule has 2 aromatic heterocycles. The fraction of sp³-hybridized carbons (Fsp3) is 0.444. The average Bonchev–Trinajstić information content (AvgIpc) is 3.11. The van der Waals surface area contributed by atoms with Gasteiger partial charge < -0.3 is 14.6 Å². The maximum atomic E-state index is 12.7. The molecule has 1 aliphatic carbocycles. The number of carbonyl (C=O) groups excluding carboxylic acids is 3. The molecule has 0 spiro atoms. The number of nitrogens with one attached hydrogen (secondary N) is 2. The molecular formula is C18H21N3O5S. The van der Waals surface area contributed by atoms with Crippen molar-refractivity contribution >= 4 is 34.2 Å². The van der Waals surface area contributed by atoms with E-state index < -0.39 is 17.9 Å². The third kappa shape index (κ3) is 4.36. The Balaban J connectivity index is 1.91. The van der Waals surface area contributed by atoms with Gasteiger partial charge in [-0.05, 0) is 45.1 Å². The highest BCUT2D eigenvalue weighted by Crippen LogP contribution is 2.37. The van der Waals surface area contributed by atoms with E-state index in [9.17, 15) is 14.4 Å². The Morgan fingerprint density at radius 3 is 2.70 bits per heavy atom. The van der Waals surface area contributed by atoms with Crippen LogP contribution in [0.2, 0.25) is 0 Å². The lowest BCUT2D eigenvalue weighted by molar-refractivity contribution is 0.0925. The maximum Gasteiger partial charge on any atom is 0.414 e. The highest BCUT2D eigenvalue weighted by Gasteiger charge is 2.27. The van der Waals surface area contributed by atoms with E-state index in [0.29, 0.717) is 16.3 Å². The molecular weight excluding hydrogens is 370 g/mol. The second-order valence-corrected chi connectivity index (χ2v) is 7.34. The monoisotopic (exact) mass is 391 g/mol. The molecule has 0 aromatic carbocycles. The Morgan fingerprint density at radius 2 is 2.00 bits per heavy atom. The van der Waals surface area contributed by atoms with Crippen LogP contribution in [-0.2, 0) is 17.6 Å². The lowest BCUT2D eigenvalue weighted by Crippen LogP contribution is -2.32. The molecule has 0 aliphatic heterocycles. The minimum Gasteiger partial charge on any atom is -0.450 e. The number of aromatic nitrogens is 1. The van der Waals surface area contributed by atoms with Crippen LogP contribution in [0.4, 0.5) is 9.80 Å². The molecule has 2 heterocycles. The molecule has 2 aromatic rings. The molecule has 3 amide bonds. The molecule has 0 fully saturated rings.